The third-order valence-corrected chi connectivity index (χ3v) is 10.7. The van der Waals surface area contributed by atoms with E-state index >= 15 is 0 Å². The first-order chi connectivity index (χ1) is 21.7. The number of rotatable bonds is 4. The molecule has 242 valence electrons. The topological polar surface area (TPSA) is 117 Å². The maximum atomic E-state index is 14.6. The fourth-order valence-corrected chi connectivity index (χ4v) is 8.13. The van der Waals surface area contributed by atoms with Crippen LogP contribution in [0, 0.1) is 11.8 Å². The van der Waals surface area contributed by atoms with Gasteiger partial charge in [-0.1, -0.05) is 73.9 Å². The van der Waals surface area contributed by atoms with Gasteiger partial charge in [-0.05, 0) is 38.7 Å². The van der Waals surface area contributed by atoms with Gasteiger partial charge in [0.25, 0.3) is 0 Å². The number of benzene rings is 1. The summed E-state index contributed by atoms with van der Waals surface area (Å²) < 4.78 is 13.1. The summed E-state index contributed by atoms with van der Waals surface area (Å²) in [6.07, 6.45) is 11.4. The number of ether oxygens (including phenoxy) is 2. The second kappa shape index (κ2) is 12.7. The summed E-state index contributed by atoms with van der Waals surface area (Å²) in [6.45, 7) is 3.63. The Morgan fingerprint density at radius 3 is 2.47 bits per heavy atom. The number of aliphatic hydroxyl groups excluding tert-OH is 1. The summed E-state index contributed by atoms with van der Waals surface area (Å²) in [7, 11) is 1.71. The number of fused-ring (bicyclic) bond motifs is 2. The van der Waals surface area contributed by atoms with Crippen molar-refractivity contribution in [3.8, 4) is 0 Å². The molecule has 1 N–H and O–H groups in total. The molecule has 8 atom stereocenters. The molecule has 2 saturated heterocycles. The normalized spacial score (nSPS) is 36.0. The maximum absolute atomic E-state index is 14.6. The molecular formula is C35H45N3O7. The van der Waals surface area contributed by atoms with Crippen molar-refractivity contribution < 1.29 is 33.8 Å². The molecule has 4 heterocycles. The first-order valence-corrected chi connectivity index (χ1v) is 16.5. The van der Waals surface area contributed by atoms with Crippen LogP contribution in [-0.4, -0.2) is 99.6 Å². The number of hydrogen-bond acceptors (Lipinski definition) is 7. The van der Waals surface area contributed by atoms with Gasteiger partial charge < -0.3 is 29.3 Å². The monoisotopic (exact) mass is 619 g/mol. The van der Waals surface area contributed by atoms with Crippen LogP contribution in [0.4, 0.5) is 0 Å². The van der Waals surface area contributed by atoms with Crippen LogP contribution in [0.3, 0.4) is 0 Å². The van der Waals surface area contributed by atoms with Crippen LogP contribution in [-0.2, 0) is 28.7 Å². The highest BCUT2D eigenvalue weighted by Crippen LogP contribution is 2.54. The minimum absolute atomic E-state index is 0.0635. The number of esters is 1. The smallest absolute Gasteiger partial charge is 0.313 e. The molecule has 3 amide bonds. The molecule has 1 spiro atoms. The van der Waals surface area contributed by atoms with Crippen molar-refractivity contribution in [1.82, 2.24) is 14.7 Å². The predicted molar refractivity (Wildman–Crippen MR) is 165 cm³/mol. The number of amides is 3. The van der Waals surface area contributed by atoms with Gasteiger partial charge in [0.05, 0.1) is 30.7 Å². The van der Waals surface area contributed by atoms with Crippen LogP contribution in [0.25, 0.3) is 0 Å². The lowest BCUT2D eigenvalue weighted by atomic mass is 9.77. The molecule has 0 aromatic heterocycles. The second-order valence-electron chi connectivity index (χ2n) is 13.3. The van der Waals surface area contributed by atoms with E-state index in [1.54, 1.807) is 24.9 Å². The Morgan fingerprint density at radius 1 is 1.02 bits per heavy atom. The fraction of sp³-hybridized carbons (Fsp3) is 0.600. The highest BCUT2D eigenvalue weighted by Gasteiger charge is 2.72. The van der Waals surface area contributed by atoms with Crippen LogP contribution in [0.1, 0.15) is 70.5 Å². The van der Waals surface area contributed by atoms with Gasteiger partial charge in [0, 0.05) is 26.1 Å². The number of likely N-dealkylation sites (N-methyl/N-ethyl adjacent to an activating group) is 1. The lowest BCUT2D eigenvalue weighted by Gasteiger charge is -2.40. The van der Waals surface area contributed by atoms with Crippen LogP contribution < -0.4 is 0 Å². The van der Waals surface area contributed by atoms with Crippen LogP contribution in [0.5, 0.6) is 0 Å². The summed E-state index contributed by atoms with van der Waals surface area (Å²) in [6, 6.07) is 7.18. The molecule has 1 aliphatic carbocycles. The van der Waals surface area contributed by atoms with E-state index in [4.69, 9.17) is 9.47 Å². The van der Waals surface area contributed by atoms with Crippen molar-refractivity contribution in [1.29, 1.82) is 0 Å². The number of likely N-dealkylation sites (tertiary alicyclic amines) is 1. The zero-order valence-corrected chi connectivity index (χ0v) is 26.4. The van der Waals surface area contributed by atoms with Crippen molar-refractivity contribution >= 4 is 23.7 Å². The van der Waals surface area contributed by atoms with Gasteiger partial charge in [0.15, 0.2) is 0 Å². The number of carbonyl (C=O) groups is 4. The van der Waals surface area contributed by atoms with Gasteiger partial charge in [0.1, 0.15) is 23.7 Å². The van der Waals surface area contributed by atoms with Gasteiger partial charge >= 0.3 is 5.97 Å². The lowest BCUT2D eigenvalue weighted by Crippen LogP contribution is -2.59. The zero-order valence-electron chi connectivity index (χ0n) is 26.4. The van der Waals surface area contributed by atoms with E-state index in [-0.39, 0.29) is 30.9 Å². The summed E-state index contributed by atoms with van der Waals surface area (Å²) in [5.74, 6) is -3.36. The minimum atomic E-state index is -1.42. The maximum Gasteiger partial charge on any atom is 0.313 e. The van der Waals surface area contributed by atoms with Gasteiger partial charge in [-0.15, -0.1) is 0 Å². The highest BCUT2D eigenvalue weighted by atomic mass is 16.6. The van der Waals surface area contributed by atoms with Crippen molar-refractivity contribution in [2.24, 2.45) is 11.8 Å². The quantitative estimate of drug-likeness (QED) is 0.407. The molecule has 1 saturated carbocycles. The number of allylic oxidation sites excluding steroid dienone is 1. The van der Waals surface area contributed by atoms with Gasteiger partial charge in [-0.3, -0.25) is 19.2 Å². The summed E-state index contributed by atoms with van der Waals surface area (Å²) >= 11 is 0. The predicted octanol–water partition coefficient (Wildman–Crippen LogP) is 3.16. The van der Waals surface area contributed by atoms with Gasteiger partial charge in [-0.25, -0.2) is 0 Å². The average Bonchev–Trinajstić information content (AvgIpc) is 3.45. The molecule has 0 unspecified atom stereocenters. The molecule has 0 radical (unpaired) electrons. The molecule has 5 aliphatic rings. The summed E-state index contributed by atoms with van der Waals surface area (Å²) in [4.78, 5) is 61.6. The number of aliphatic hydroxyl groups is 1. The third-order valence-electron chi connectivity index (χ3n) is 10.7. The van der Waals surface area contributed by atoms with Crippen molar-refractivity contribution in [3.05, 3.63) is 60.2 Å². The number of nitrogens with zero attached hydrogens (tertiary/aromatic N) is 3. The number of hydrogen-bond donors (Lipinski definition) is 1. The Hall–Kier alpha value is -3.50. The van der Waals surface area contributed by atoms with Gasteiger partial charge in [0.2, 0.25) is 17.7 Å². The second-order valence-corrected chi connectivity index (χ2v) is 13.3. The largest absolute Gasteiger partial charge is 0.455 e. The zero-order chi connectivity index (χ0) is 31.9. The van der Waals surface area contributed by atoms with Crippen molar-refractivity contribution in [3.63, 3.8) is 0 Å². The summed E-state index contributed by atoms with van der Waals surface area (Å²) in [5.41, 5.74) is -0.685. The number of carbonyl (C=O) groups excluding carboxylic acids is 4. The molecule has 1 aromatic rings. The molecule has 45 heavy (non-hydrogen) atoms. The SMILES string of the molecule is C[C@H](CO)N1C(=O)[C@H]2[C@@H]3C(=O)O[C@@H](c4ccccc4)[C@H](C)N(C)C(=O)CC/C=C\[C@@H]3O[C@]23C=CCN(C2CCCCC2)C(=O)[C@H]13. The third kappa shape index (κ3) is 5.39. The standard InChI is InChI=1S/C35H45N3O7/c1-22(21-39)38-31-33(42)37(25-15-8-5-9-16-25)20-12-19-35(31)29(32(38)41)28-26(45-35)17-10-11-18-27(40)36(3)23(2)30(44-34(28)43)24-13-6-4-7-14-24/h4,6-7,10,12-14,17,19,22-23,25-26,28-31,39H,5,8-9,11,15-16,18,20-21H2,1-3H3/b17-10-/t22-,23+,26+,28-,29-,30-,31+,35-/m1/s1. The molecule has 6 rings (SSSR count). The van der Waals surface area contributed by atoms with E-state index in [9.17, 15) is 24.3 Å². The first-order valence-electron chi connectivity index (χ1n) is 16.5. The fourth-order valence-electron chi connectivity index (χ4n) is 8.13. The van der Waals surface area contributed by atoms with Crippen molar-refractivity contribution in [2.45, 2.75) is 101 Å². The lowest BCUT2D eigenvalue weighted by molar-refractivity contribution is -0.164. The van der Waals surface area contributed by atoms with Gasteiger partial charge in [-0.2, -0.15) is 0 Å². The molecule has 10 heteroatoms. The first kappa shape index (κ1) is 31.5. The van der Waals surface area contributed by atoms with E-state index in [1.165, 1.54) is 4.90 Å². The Bertz CT molecular complexity index is 1360. The average molecular weight is 620 g/mol. The van der Waals surface area contributed by atoms with Crippen LogP contribution in [0.15, 0.2) is 54.6 Å². The molecular weight excluding hydrogens is 574 g/mol. The van der Waals surface area contributed by atoms with E-state index in [0.717, 1.165) is 37.7 Å². The number of cyclic esters (lactones) is 1. The Labute approximate surface area is 265 Å². The van der Waals surface area contributed by atoms with Crippen LogP contribution >= 0.6 is 0 Å². The molecule has 4 aliphatic heterocycles. The minimum Gasteiger partial charge on any atom is -0.455 e. The Morgan fingerprint density at radius 2 is 1.76 bits per heavy atom. The Kier molecular flexibility index (Phi) is 8.89. The molecule has 10 nitrogen and oxygen atoms in total. The van der Waals surface area contributed by atoms with E-state index in [1.807, 2.05) is 60.4 Å². The highest BCUT2D eigenvalue weighted by molar-refractivity contribution is 5.99. The molecule has 1 aromatic carbocycles. The molecule has 0 bridgehead atoms. The van der Waals surface area contributed by atoms with E-state index in [2.05, 4.69) is 0 Å². The molecule has 3 fully saturated rings. The van der Waals surface area contributed by atoms with E-state index in [0.29, 0.717) is 13.0 Å². The summed E-state index contributed by atoms with van der Waals surface area (Å²) in [5, 5.41) is 10.3. The van der Waals surface area contributed by atoms with Crippen molar-refractivity contribution in [2.75, 3.05) is 20.2 Å². The Balaban J connectivity index is 1.43. The van der Waals surface area contributed by atoms with Crippen LogP contribution in [0.2, 0.25) is 0 Å². The van der Waals surface area contributed by atoms with E-state index < -0.39 is 59.6 Å².